The molecule has 0 fully saturated rings. The Morgan fingerprint density at radius 3 is 2.72 bits per heavy atom. The van der Waals surface area contributed by atoms with E-state index in [0.29, 0.717) is 24.0 Å². The van der Waals surface area contributed by atoms with Gasteiger partial charge in [0.05, 0.1) is 22.5 Å². The minimum atomic E-state index is -3.68. The van der Waals surface area contributed by atoms with Crippen LogP contribution in [0.25, 0.3) is 16.8 Å². The van der Waals surface area contributed by atoms with Crippen molar-refractivity contribution in [3.63, 3.8) is 0 Å². The molecule has 0 radical (unpaired) electrons. The lowest BCUT2D eigenvalue weighted by Gasteiger charge is -2.10. The molecule has 2 N–H and O–H groups in total. The number of nitrogens with zero attached hydrogens (tertiary/aromatic N) is 2. The second kappa shape index (κ2) is 10.3. The molecular formula is C22H24N4O5S. The number of para-hydroxylation sites is 1. The van der Waals surface area contributed by atoms with Gasteiger partial charge in [-0.3, -0.25) is 15.1 Å². The molecule has 0 amide bonds. The zero-order chi connectivity index (χ0) is 23.1. The SMILES string of the molecule is COc1cccc(C=C(C)CNCCNS(=O)(=O)c2cccc3cnccc23)c1[N+](=O)[O-]. The van der Waals surface area contributed by atoms with Crippen LogP contribution in [0.5, 0.6) is 5.75 Å². The number of pyridine rings is 1. The van der Waals surface area contributed by atoms with Gasteiger partial charge in [-0.15, -0.1) is 0 Å². The summed E-state index contributed by atoms with van der Waals surface area (Å²) in [6.45, 7) is 2.86. The van der Waals surface area contributed by atoms with Gasteiger partial charge < -0.3 is 10.1 Å². The van der Waals surface area contributed by atoms with Crippen LogP contribution in [-0.4, -0.2) is 45.1 Å². The summed E-state index contributed by atoms with van der Waals surface area (Å²) in [4.78, 5) is 15.1. The van der Waals surface area contributed by atoms with Gasteiger partial charge in [-0.25, -0.2) is 13.1 Å². The van der Waals surface area contributed by atoms with E-state index in [2.05, 4.69) is 15.0 Å². The number of nitrogens with one attached hydrogen (secondary N) is 2. The van der Waals surface area contributed by atoms with Crippen LogP contribution in [-0.2, 0) is 10.0 Å². The molecule has 0 bridgehead atoms. The van der Waals surface area contributed by atoms with Crippen LogP contribution in [0.15, 0.2) is 65.3 Å². The molecular weight excluding hydrogens is 432 g/mol. The maximum atomic E-state index is 12.7. The first-order valence-corrected chi connectivity index (χ1v) is 11.3. The Morgan fingerprint density at radius 1 is 1.19 bits per heavy atom. The number of nitro groups is 1. The predicted molar refractivity (Wildman–Crippen MR) is 123 cm³/mol. The highest BCUT2D eigenvalue weighted by Gasteiger charge is 2.19. The van der Waals surface area contributed by atoms with Crippen LogP contribution >= 0.6 is 0 Å². The topological polar surface area (TPSA) is 123 Å². The lowest BCUT2D eigenvalue weighted by molar-refractivity contribution is -0.386. The molecule has 9 nitrogen and oxygen atoms in total. The third-order valence-corrected chi connectivity index (χ3v) is 6.28. The number of aromatic nitrogens is 1. The number of sulfonamides is 1. The minimum Gasteiger partial charge on any atom is -0.490 e. The summed E-state index contributed by atoms with van der Waals surface area (Å²) in [5.74, 6) is 0.197. The summed E-state index contributed by atoms with van der Waals surface area (Å²) in [5, 5.41) is 15.9. The highest BCUT2D eigenvalue weighted by atomic mass is 32.2. The summed E-state index contributed by atoms with van der Waals surface area (Å²) in [7, 11) is -2.29. The second-order valence-electron chi connectivity index (χ2n) is 7.07. The molecule has 168 valence electrons. The monoisotopic (exact) mass is 456 g/mol. The van der Waals surface area contributed by atoms with E-state index >= 15 is 0 Å². The number of hydrogen-bond donors (Lipinski definition) is 2. The van der Waals surface area contributed by atoms with Crippen LogP contribution in [0, 0.1) is 10.1 Å². The number of ether oxygens (including phenoxy) is 1. The van der Waals surface area contributed by atoms with Gasteiger partial charge in [-0.1, -0.05) is 23.8 Å². The molecule has 2 aromatic carbocycles. The van der Waals surface area contributed by atoms with Crippen molar-refractivity contribution in [1.29, 1.82) is 0 Å². The van der Waals surface area contributed by atoms with E-state index in [1.807, 2.05) is 13.0 Å². The largest absolute Gasteiger partial charge is 0.490 e. The average molecular weight is 457 g/mol. The Bertz CT molecular complexity index is 1250. The smallest absolute Gasteiger partial charge is 0.318 e. The van der Waals surface area contributed by atoms with Gasteiger partial charge in [0.1, 0.15) is 0 Å². The highest BCUT2D eigenvalue weighted by Crippen LogP contribution is 2.31. The lowest BCUT2D eigenvalue weighted by atomic mass is 10.1. The second-order valence-corrected chi connectivity index (χ2v) is 8.81. The molecule has 3 aromatic rings. The van der Waals surface area contributed by atoms with Crippen LogP contribution in [0.3, 0.4) is 0 Å². The van der Waals surface area contributed by atoms with Crippen molar-refractivity contribution in [2.45, 2.75) is 11.8 Å². The van der Waals surface area contributed by atoms with E-state index in [4.69, 9.17) is 4.74 Å². The van der Waals surface area contributed by atoms with E-state index in [9.17, 15) is 18.5 Å². The average Bonchev–Trinajstić information content (AvgIpc) is 2.77. The summed E-state index contributed by atoms with van der Waals surface area (Å²) in [6, 6.07) is 11.6. The van der Waals surface area contributed by atoms with Gasteiger partial charge in [0.25, 0.3) is 0 Å². The molecule has 32 heavy (non-hydrogen) atoms. The van der Waals surface area contributed by atoms with Crippen LogP contribution < -0.4 is 14.8 Å². The molecule has 0 saturated carbocycles. The standard InChI is InChI=1S/C22H24N4O5S/c1-16(13-17-5-3-7-20(31-2)22(17)26(27)28)14-24-11-12-25-32(29,30)21-8-4-6-18-15-23-10-9-19(18)21/h3-10,13,15,24-25H,11-12,14H2,1-2H3. The van der Waals surface area contributed by atoms with Gasteiger partial charge in [-0.2, -0.15) is 0 Å². The molecule has 1 heterocycles. The van der Waals surface area contributed by atoms with Crippen molar-refractivity contribution in [1.82, 2.24) is 15.0 Å². The van der Waals surface area contributed by atoms with E-state index in [1.165, 1.54) is 7.11 Å². The zero-order valence-electron chi connectivity index (χ0n) is 17.7. The number of fused-ring (bicyclic) bond motifs is 1. The molecule has 0 aliphatic carbocycles. The molecule has 1 aromatic heterocycles. The number of hydrogen-bond acceptors (Lipinski definition) is 7. The number of benzene rings is 2. The zero-order valence-corrected chi connectivity index (χ0v) is 18.6. The minimum absolute atomic E-state index is 0.0904. The van der Waals surface area contributed by atoms with Crippen molar-refractivity contribution in [3.8, 4) is 5.75 Å². The Balaban J connectivity index is 1.58. The van der Waals surface area contributed by atoms with Crippen molar-refractivity contribution in [2.24, 2.45) is 0 Å². The third-order valence-electron chi connectivity index (χ3n) is 4.76. The third kappa shape index (κ3) is 5.47. The molecule has 0 saturated heterocycles. The number of nitro benzene ring substituents is 1. The first-order valence-electron chi connectivity index (χ1n) is 9.85. The summed E-state index contributed by atoms with van der Waals surface area (Å²) in [5.41, 5.74) is 1.21. The summed E-state index contributed by atoms with van der Waals surface area (Å²) < 4.78 is 33.1. The van der Waals surface area contributed by atoms with Crippen molar-refractivity contribution < 1.29 is 18.1 Å². The first-order chi connectivity index (χ1) is 15.3. The molecule has 0 aliphatic rings. The Morgan fingerprint density at radius 2 is 1.97 bits per heavy atom. The van der Waals surface area contributed by atoms with Gasteiger partial charge in [0.15, 0.2) is 5.75 Å². The van der Waals surface area contributed by atoms with Crippen LogP contribution in [0.1, 0.15) is 12.5 Å². The Hall–Kier alpha value is -3.34. The molecule has 0 unspecified atom stereocenters. The number of methoxy groups -OCH3 is 1. The molecule has 0 spiro atoms. The Kier molecular flexibility index (Phi) is 7.52. The van der Waals surface area contributed by atoms with E-state index in [-0.39, 0.29) is 22.9 Å². The highest BCUT2D eigenvalue weighted by molar-refractivity contribution is 7.89. The maximum Gasteiger partial charge on any atom is 0.318 e. The quantitative estimate of drug-likeness (QED) is 0.273. The van der Waals surface area contributed by atoms with Crippen molar-refractivity contribution in [3.05, 3.63) is 76.1 Å². The van der Waals surface area contributed by atoms with Crippen molar-refractivity contribution >= 4 is 32.6 Å². The maximum absolute atomic E-state index is 12.7. The van der Waals surface area contributed by atoms with Gasteiger partial charge in [-0.05, 0) is 37.3 Å². The van der Waals surface area contributed by atoms with Crippen molar-refractivity contribution in [2.75, 3.05) is 26.7 Å². The fraction of sp³-hybridized carbons (Fsp3) is 0.227. The van der Waals surface area contributed by atoms with E-state index in [1.54, 1.807) is 54.9 Å². The lowest BCUT2D eigenvalue weighted by Crippen LogP contribution is -2.32. The molecule has 10 heteroatoms. The normalized spacial score (nSPS) is 12.1. The first kappa shape index (κ1) is 23.3. The molecule has 3 rings (SSSR count). The van der Waals surface area contributed by atoms with Gasteiger partial charge >= 0.3 is 5.69 Å². The van der Waals surface area contributed by atoms with Crippen LogP contribution in [0.4, 0.5) is 5.69 Å². The van der Waals surface area contributed by atoms with Crippen LogP contribution in [0.2, 0.25) is 0 Å². The fourth-order valence-corrected chi connectivity index (χ4v) is 4.56. The predicted octanol–water partition coefficient (Wildman–Crippen LogP) is 3.12. The molecule has 0 atom stereocenters. The fourth-order valence-electron chi connectivity index (χ4n) is 3.30. The Labute approximate surface area is 186 Å². The summed E-state index contributed by atoms with van der Waals surface area (Å²) in [6.07, 6.45) is 4.89. The van der Waals surface area contributed by atoms with Gasteiger partial charge in [0.2, 0.25) is 10.0 Å². The number of rotatable bonds is 10. The van der Waals surface area contributed by atoms with E-state index in [0.717, 1.165) is 11.0 Å². The summed E-state index contributed by atoms with van der Waals surface area (Å²) >= 11 is 0. The molecule has 0 aliphatic heterocycles. The van der Waals surface area contributed by atoms with Gasteiger partial charge in [0, 0.05) is 42.8 Å². The van der Waals surface area contributed by atoms with E-state index < -0.39 is 14.9 Å².